The maximum absolute atomic E-state index is 12.0. The summed E-state index contributed by atoms with van der Waals surface area (Å²) in [7, 11) is 0. The van der Waals surface area contributed by atoms with E-state index in [0.717, 1.165) is 60.3 Å². The van der Waals surface area contributed by atoms with Crippen LogP contribution in [0.15, 0.2) is 72.8 Å². The summed E-state index contributed by atoms with van der Waals surface area (Å²) in [6, 6.07) is 22.6. The first kappa shape index (κ1) is 37.1. The number of carbonyl (C=O) groups is 1. The molecule has 0 aromatic heterocycles. The number of fused-ring (bicyclic) bond motifs is 3. The molecule has 10 nitrogen and oxygen atoms in total. The molecule has 1 aliphatic carbocycles. The third-order valence-electron chi connectivity index (χ3n) is 11.5. The fourth-order valence-electron chi connectivity index (χ4n) is 8.43. The molecule has 4 fully saturated rings. The van der Waals surface area contributed by atoms with Crippen molar-refractivity contribution in [2.24, 2.45) is 11.8 Å². The second kappa shape index (κ2) is 17.7. The number of nitrogens with one attached hydrogen (secondary N) is 2. The number of hydrogen-bond acceptors (Lipinski definition) is 8. The normalized spacial score (nSPS) is 23.4. The zero-order valence-corrected chi connectivity index (χ0v) is 29.8. The molecular weight excluding hydrogens is 646 g/mol. The first-order valence-corrected chi connectivity index (χ1v) is 18.9. The van der Waals surface area contributed by atoms with Gasteiger partial charge in [-0.3, -0.25) is 4.79 Å². The molecule has 0 unspecified atom stereocenters. The minimum atomic E-state index is -0.912. The van der Waals surface area contributed by atoms with Crippen molar-refractivity contribution >= 4 is 12.1 Å². The van der Waals surface area contributed by atoms with Crippen LogP contribution in [0, 0.1) is 11.8 Å². The van der Waals surface area contributed by atoms with Crippen LogP contribution >= 0.6 is 0 Å². The molecule has 3 heterocycles. The molecule has 5 N–H and O–H groups in total. The van der Waals surface area contributed by atoms with Crippen LogP contribution in [0.3, 0.4) is 0 Å². The number of anilines is 1. The van der Waals surface area contributed by atoms with Gasteiger partial charge in [0.05, 0.1) is 51.2 Å². The highest BCUT2D eigenvalue weighted by Crippen LogP contribution is 2.43. The number of piperidine rings is 3. The molecule has 7 rings (SSSR count). The van der Waals surface area contributed by atoms with Crippen LogP contribution in [0.25, 0.3) is 0 Å². The number of rotatable bonds is 20. The number of ether oxygens (including phenoxy) is 3. The summed E-state index contributed by atoms with van der Waals surface area (Å²) in [6.45, 7) is 7.12. The Morgan fingerprint density at radius 2 is 1.59 bits per heavy atom. The molecule has 3 saturated heterocycles. The number of aromatic hydroxyl groups is 1. The highest BCUT2D eigenvalue weighted by atomic mass is 16.5. The van der Waals surface area contributed by atoms with E-state index in [2.05, 4.69) is 22.8 Å². The van der Waals surface area contributed by atoms with E-state index in [9.17, 15) is 20.1 Å². The molecule has 1 amide bonds. The highest BCUT2D eigenvalue weighted by molar-refractivity contribution is 5.75. The SMILES string of the molecule is O=CNc1cc([C@@H](O)CNCCCOc2ccc(OCCC[N+]34CCC(CC3)[C@@H](OC[C@@](O)(c3ccccc3)C3CCCC3)C4)cc2)ccc1O. The van der Waals surface area contributed by atoms with Crippen LogP contribution < -0.4 is 20.1 Å². The molecule has 0 spiro atoms. The number of aliphatic hydroxyl groups is 2. The third kappa shape index (κ3) is 9.61. The van der Waals surface area contributed by atoms with Gasteiger partial charge in [-0.25, -0.2) is 0 Å². The van der Waals surface area contributed by atoms with Crippen LogP contribution in [0.2, 0.25) is 0 Å². The van der Waals surface area contributed by atoms with Crippen molar-refractivity contribution < 1.29 is 38.8 Å². The Hall–Kier alpha value is -3.67. The lowest BCUT2D eigenvalue weighted by Crippen LogP contribution is -2.65. The maximum Gasteiger partial charge on any atom is 0.211 e. The van der Waals surface area contributed by atoms with Crippen molar-refractivity contribution in [3.05, 3.63) is 83.9 Å². The monoisotopic (exact) mass is 702 g/mol. The molecule has 4 aliphatic rings. The van der Waals surface area contributed by atoms with Crippen LogP contribution in [0.5, 0.6) is 17.2 Å². The average molecular weight is 703 g/mol. The maximum atomic E-state index is 12.0. The summed E-state index contributed by atoms with van der Waals surface area (Å²) in [4.78, 5) is 10.7. The lowest BCUT2D eigenvalue weighted by Gasteiger charge is -2.53. The fraction of sp³-hybridized carbons (Fsp3) is 0.537. The molecule has 3 aromatic carbocycles. The summed E-state index contributed by atoms with van der Waals surface area (Å²) in [5.74, 6) is 2.43. The second-order valence-electron chi connectivity index (χ2n) is 14.8. The molecule has 2 bridgehead atoms. The molecule has 10 heteroatoms. The Morgan fingerprint density at radius 3 is 2.27 bits per heavy atom. The third-order valence-corrected chi connectivity index (χ3v) is 11.5. The number of carbonyl (C=O) groups excluding carboxylic acids is 1. The Labute approximate surface area is 302 Å². The van der Waals surface area contributed by atoms with Gasteiger partial charge in [-0.05, 0) is 79.3 Å². The number of quaternary nitrogens is 1. The molecule has 51 heavy (non-hydrogen) atoms. The van der Waals surface area contributed by atoms with Crippen molar-refractivity contribution in [1.82, 2.24) is 5.32 Å². The van der Waals surface area contributed by atoms with Crippen molar-refractivity contribution in [2.45, 2.75) is 69.2 Å². The van der Waals surface area contributed by atoms with E-state index < -0.39 is 11.7 Å². The number of hydrogen-bond donors (Lipinski definition) is 5. The van der Waals surface area contributed by atoms with Gasteiger partial charge >= 0.3 is 0 Å². The molecule has 276 valence electrons. The molecule has 3 aromatic rings. The lowest BCUT2D eigenvalue weighted by molar-refractivity contribution is -0.946. The van der Waals surface area contributed by atoms with Crippen LogP contribution in [0.1, 0.15) is 68.6 Å². The van der Waals surface area contributed by atoms with Gasteiger partial charge in [-0.2, -0.15) is 0 Å². The summed E-state index contributed by atoms with van der Waals surface area (Å²) in [5, 5.41) is 37.9. The average Bonchev–Trinajstić information content (AvgIpc) is 3.72. The van der Waals surface area contributed by atoms with Crippen molar-refractivity contribution in [3.8, 4) is 17.2 Å². The summed E-state index contributed by atoms with van der Waals surface area (Å²) >= 11 is 0. The molecule has 3 aliphatic heterocycles. The van der Waals surface area contributed by atoms with E-state index in [1.807, 2.05) is 42.5 Å². The largest absolute Gasteiger partial charge is 0.506 e. The Morgan fingerprint density at radius 1 is 0.902 bits per heavy atom. The van der Waals surface area contributed by atoms with Gasteiger partial charge in [0.2, 0.25) is 6.41 Å². The Kier molecular flexibility index (Phi) is 12.9. The summed E-state index contributed by atoms with van der Waals surface area (Å²) < 4.78 is 19.8. The van der Waals surface area contributed by atoms with Crippen molar-refractivity contribution in [1.29, 1.82) is 0 Å². The fourth-order valence-corrected chi connectivity index (χ4v) is 8.43. The summed E-state index contributed by atoms with van der Waals surface area (Å²) in [5.41, 5.74) is 0.952. The second-order valence-corrected chi connectivity index (χ2v) is 14.8. The van der Waals surface area contributed by atoms with E-state index in [4.69, 9.17) is 14.2 Å². The molecule has 0 radical (unpaired) electrons. The van der Waals surface area contributed by atoms with Gasteiger partial charge in [0.15, 0.2) is 0 Å². The number of benzene rings is 3. The molecule has 1 saturated carbocycles. The molecular formula is C41H56N3O7+. The first-order chi connectivity index (χ1) is 24.9. The topological polar surface area (TPSA) is 130 Å². The molecule has 3 atom stereocenters. The first-order valence-electron chi connectivity index (χ1n) is 18.9. The number of phenolic OH excluding ortho intramolecular Hbond substituents is 1. The number of amides is 1. The van der Waals surface area contributed by atoms with E-state index in [1.165, 1.54) is 44.8 Å². The van der Waals surface area contributed by atoms with Crippen LogP contribution in [0.4, 0.5) is 5.69 Å². The summed E-state index contributed by atoms with van der Waals surface area (Å²) in [6.07, 6.45) is 8.57. The predicted octanol–water partition coefficient (Wildman–Crippen LogP) is 5.53. The van der Waals surface area contributed by atoms with Gasteiger partial charge in [-0.15, -0.1) is 0 Å². The smallest absolute Gasteiger partial charge is 0.211 e. The van der Waals surface area contributed by atoms with E-state index in [1.54, 1.807) is 12.1 Å². The van der Waals surface area contributed by atoms with Crippen molar-refractivity contribution in [3.63, 3.8) is 0 Å². The Balaban J connectivity index is 0.875. The van der Waals surface area contributed by atoms with Gasteiger partial charge in [-0.1, -0.05) is 49.2 Å². The lowest BCUT2D eigenvalue weighted by atomic mass is 9.80. The van der Waals surface area contributed by atoms with Gasteiger partial charge < -0.3 is 44.6 Å². The highest BCUT2D eigenvalue weighted by Gasteiger charge is 2.48. The van der Waals surface area contributed by atoms with E-state index in [0.29, 0.717) is 50.8 Å². The standard InChI is InChI=1S/C41H55N3O7/c45-30-43-37-26-32(12-17-38(37)46)39(47)27-42-20-6-24-49-35-13-15-36(16-14-35)50-25-7-21-44-22-18-31(19-23-44)40(28-44)51-29-41(48,34-10-4-5-11-34)33-8-2-1-3-9-33/h1-3,8-9,12-17,26,30-31,34,39-40,42,47-48H,4-7,10-11,18-25,27-29H2,(H-,43,45,46)/p+1/t31?,39-,40-,41+,44?/m0/s1. The van der Waals surface area contributed by atoms with E-state index in [-0.39, 0.29) is 23.5 Å². The Bertz CT molecular complexity index is 1510. The van der Waals surface area contributed by atoms with Gasteiger partial charge in [0, 0.05) is 31.7 Å². The van der Waals surface area contributed by atoms with Gasteiger partial charge in [0.1, 0.15) is 35.5 Å². The zero-order chi connectivity index (χ0) is 35.5. The van der Waals surface area contributed by atoms with E-state index >= 15 is 0 Å². The quantitative estimate of drug-likeness (QED) is 0.0451. The number of nitrogens with zero attached hydrogens (tertiary/aromatic N) is 1. The minimum Gasteiger partial charge on any atom is -0.506 e. The number of aliphatic hydroxyl groups excluding tert-OH is 1. The number of phenols is 1. The minimum absolute atomic E-state index is 0.0482. The van der Waals surface area contributed by atoms with Crippen molar-refractivity contribution in [2.75, 3.05) is 64.4 Å². The van der Waals surface area contributed by atoms with Crippen LogP contribution in [-0.2, 0) is 15.1 Å². The van der Waals surface area contributed by atoms with Gasteiger partial charge in [0.25, 0.3) is 0 Å². The van der Waals surface area contributed by atoms with Crippen LogP contribution in [-0.4, -0.2) is 91.4 Å². The zero-order valence-electron chi connectivity index (χ0n) is 29.8. The predicted molar refractivity (Wildman–Crippen MR) is 197 cm³/mol.